The number of carbonyl (C=O) groups is 1. The molecule has 1 amide bonds. The van der Waals surface area contributed by atoms with E-state index in [4.69, 9.17) is 0 Å². The first kappa shape index (κ1) is 14.7. The number of carbonyl (C=O) groups excluding carboxylic acids is 1. The summed E-state index contributed by atoms with van der Waals surface area (Å²) in [5.41, 5.74) is 4.37. The van der Waals surface area contributed by atoms with E-state index in [0.29, 0.717) is 6.42 Å². The van der Waals surface area contributed by atoms with Gasteiger partial charge in [-0.25, -0.2) is 0 Å². The molecule has 0 bridgehead atoms. The van der Waals surface area contributed by atoms with Gasteiger partial charge in [-0.3, -0.25) is 4.79 Å². The molecular formula is C17H19NOS. The number of anilines is 1. The molecule has 0 aliphatic rings. The van der Waals surface area contributed by atoms with Gasteiger partial charge < -0.3 is 5.32 Å². The highest BCUT2D eigenvalue weighted by atomic mass is 32.2. The number of rotatable bonds is 4. The second-order valence-corrected chi connectivity index (χ2v) is 5.76. The molecule has 104 valence electrons. The number of thioether (sulfide) groups is 1. The Morgan fingerprint density at radius 1 is 1.10 bits per heavy atom. The zero-order valence-corrected chi connectivity index (χ0v) is 12.9. The number of hydrogen-bond acceptors (Lipinski definition) is 2. The van der Waals surface area contributed by atoms with Crippen LogP contribution >= 0.6 is 11.8 Å². The summed E-state index contributed by atoms with van der Waals surface area (Å²) in [7, 11) is 0. The Morgan fingerprint density at radius 3 is 2.60 bits per heavy atom. The Balaban J connectivity index is 2.03. The van der Waals surface area contributed by atoms with Gasteiger partial charge in [0.15, 0.2) is 0 Å². The van der Waals surface area contributed by atoms with Crippen LogP contribution in [-0.2, 0) is 11.2 Å². The van der Waals surface area contributed by atoms with Gasteiger partial charge in [0.1, 0.15) is 0 Å². The van der Waals surface area contributed by atoms with Gasteiger partial charge in [0, 0.05) is 10.6 Å². The Kier molecular flexibility index (Phi) is 4.85. The minimum Gasteiger partial charge on any atom is -0.326 e. The lowest BCUT2D eigenvalue weighted by Crippen LogP contribution is -2.14. The molecular weight excluding hydrogens is 266 g/mol. The van der Waals surface area contributed by atoms with E-state index in [1.165, 1.54) is 11.1 Å². The molecule has 3 heteroatoms. The topological polar surface area (TPSA) is 29.1 Å². The zero-order valence-electron chi connectivity index (χ0n) is 12.1. The van der Waals surface area contributed by atoms with Crippen LogP contribution in [0.5, 0.6) is 0 Å². The Bertz CT molecular complexity index is 622. The maximum absolute atomic E-state index is 12.1. The first-order valence-electron chi connectivity index (χ1n) is 6.58. The van der Waals surface area contributed by atoms with Crippen LogP contribution < -0.4 is 5.32 Å². The van der Waals surface area contributed by atoms with E-state index in [1.54, 1.807) is 11.8 Å². The van der Waals surface area contributed by atoms with Crippen LogP contribution in [0.1, 0.15) is 16.7 Å². The average Bonchev–Trinajstić information content (AvgIpc) is 2.43. The summed E-state index contributed by atoms with van der Waals surface area (Å²) >= 11 is 1.67. The van der Waals surface area contributed by atoms with Gasteiger partial charge >= 0.3 is 0 Å². The van der Waals surface area contributed by atoms with Crippen LogP contribution in [0.3, 0.4) is 0 Å². The number of benzene rings is 2. The van der Waals surface area contributed by atoms with Crippen LogP contribution in [0.2, 0.25) is 0 Å². The van der Waals surface area contributed by atoms with Crippen molar-refractivity contribution >= 4 is 23.4 Å². The van der Waals surface area contributed by atoms with Crippen LogP contribution in [0.4, 0.5) is 5.69 Å². The fraction of sp³-hybridized carbons (Fsp3) is 0.235. The third-order valence-corrected chi connectivity index (χ3v) is 4.01. The average molecular weight is 285 g/mol. The molecule has 2 rings (SSSR count). The number of aryl methyl sites for hydroxylation is 2. The number of hydrogen-bond donors (Lipinski definition) is 1. The summed E-state index contributed by atoms with van der Waals surface area (Å²) in [5.74, 6) is 0.0199. The van der Waals surface area contributed by atoms with Gasteiger partial charge in [0.2, 0.25) is 5.91 Å². The van der Waals surface area contributed by atoms with Gasteiger partial charge in [-0.1, -0.05) is 24.3 Å². The molecule has 0 heterocycles. The monoisotopic (exact) mass is 285 g/mol. The molecule has 1 N–H and O–H groups in total. The summed E-state index contributed by atoms with van der Waals surface area (Å²) < 4.78 is 0. The fourth-order valence-electron chi connectivity index (χ4n) is 2.00. The van der Waals surface area contributed by atoms with Crippen LogP contribution in [-0.4, -0.2) is 12.2 Å². The molecule has 0 aromatic heterocycles. The Hall–Kier alpha value is -1.74. The molecule has 0 saturated carbocycles. The Labute approximate surface area is 124 Å². The fourth-order valence-corrected chi connectivity index (χ4v) is 2.46. The molecule has 0 saturated heterocycles. The SMILES string of the molecule is CSc1cccc(NC(=O)Cc2ccc(C)c(C)c2)c1. The van der Waals surface area contributed by atoms with Crippen molar-refractivity contribution < 1.29 is 4.79 Å². The minimum atomic E-state index is 0.0199. The Morgan fingerprint density at radius 2 is 1.90 bits per heavy atom. The normalized spacial score (nSPS) is 10.3. The van der Waals surface area contributed by atoms with E-state index >= 15 is 0 Å². The van der Waals surface area contributed by atoms with E-state index in [2.05, 4.69) is 31.3 Å². The third kappa shape index (κ3) is 3.87. The van der Waals surface area contributed by atoms with Crippen LogP contribution in [0.25, 0.3) is 0 Å². The molecule has 0 aliphatic heterocycles. The lowest BCUT2D eigenvalue weighted by molar-refractivity contribution is -0.115. The number of nitrogens with one attached hydrogen (secondary N) is 1. The highest BCUT2D eigenvalue weighted by Gasteiger charge is 2.05. The molecule has 20 heavy (non-hydrogen) atoms. The van der Waals surface area contributed by atoms with Crippen molar-refractivity contribution in [2.24, 2.45) is 0 Å². The van der Waals surface area contributed by atoms with Crippen molar-refractivity contribution in [1.82, 2.24) is 0 Å². The van der Waals surface area contributed by atoms with Gasteiger partial charge in [-0.15, -0.1) is 11.8 Å². The van der Waals surface area contributed by atoms with Crippen molar-refractivity contribution in [3.63, 3.8) is 0 Å². The summed E-state index contributed by atoms with van der Waals surface area (Å²) in [6.45, 7) is 4.14. The molecule has 2 aromatic carbocycles. The molecule has 0 fully saturated rings. The maximum Gasteiger partial charge on any atom is 0.228 e. The smallest absolute Gasteiger partial charge is 0.228 e. The quantitative estimate of drug-likeness (QED) is 0.853. The first-order chi connectivity index (χ1) is 9.58. The molecule has 0 atom stereocenters. The summed E-state index contributed by atoms with van der Waals surface area (Å²) in [5, 5.41) is 2.95. The standard InChI is InChI=1S/C17H19NOS/c1-12-7-8-14(9-13(12)2)10-17(19)18-15-5-4-6-16(11-15)20-3/h4-9,11H,10H2,1-3H3,(H,18,19). The van der Waals surface area contributed by atoms with Gasteiger partial charge in [0.05, 0.1) is 6.42 Å². The minimum absolute atomic E-state index is 0.0199. The zero-order chi connectivity index (χ0) is 14.5. The summed E-state index contributed by atoms with van der Waals surface area (Å²) in [6, 6.07) is 14.0. The van der Waals surface area contributed by atoms with Crippen molar-refractivity contribution in [3.8, 4) is 0 Å². The maximum atomic E-state index is 12.1. The lowest BCUT2D eigenvalue weighted by atomic mass is 10.0. The van der Waals surface area contributed by atoms with Crippen molar-refractivity contribution in [2.45, 2.75) is 25.2 Å². The van der Waals surface area contributed by atoms with Crippen LogP contribution in [0.15, 0.2) is 47.4 Å². The van der Waals surface area contributed by atoms with E-state index in [0.717, 1.165) is 16.1 Å². The largest absolute Gasteiger partial charge is 0.326 e. The first-order valence-corrected chi connectivity index (χ1v) is 7.81. The number of amides is 1. The highest BCUT2D eigenvalue weighted by molar-refractivity contribution is 7.98. The van der Waals surface area contributed by atoms with E-state index in [-0.39, 0.29) is 5.91 Å². The van der Waals surface area contributed by atoms with Gasteiger partial charge in [-0.2, -0.15) is 0 Å². The highest BCUT2D eigenvalue weighted by Crippen LogP contribution is 2.19. The lowest BCUT2D eigenvalue weighted by Gasteiger charge is -2.08. The third-order valence-electron chi connectivity index (χ3n) is 3.29. The predicted molar refractivity (Wildman–Crippen MR) is 86.5 cm³/mol. The van der Waals surface area contributed by atoms with Gasteiger partial charge in [0.25, 0.3) is 0 Å². The van der Waals surface area contributed by atoms with Crippen molar-refractivity contribution in [2.75, 3.05) is 11.6 Å². The molecule has 0 unspecified atom stereocenters. The molecule has 0 spiro atoms. The van der Waals surface area contributed by atoms with E-state index < -0.39 is 0 Å². The molecule has 0 aliphatic carbocycles. The second-order valence-electron chi connectivity index (χ2n) is 4.88. The predicted octanol–water partition coefficient (Wildman–Crippen LogP) is 4.21. The molecule has 2 aromatic rings. The van der Waals surface area contributed by atoms with Crippen molar-refractivity contribution in [1.29, 1.82) is 0 Å². The van der Waals surface area contributed by atoms with Crippen LogP contribution in [0, 0.1) is 13.8 Å². The second kappa shape index (κ2) is 6.62. The van der Waals surface area contributed by atoms with Gasteiger partial charge in [-0.05, 0) is 55.0 Å². The van der Waals surface area contributed by atoms with E-state index in [9.17, 15) is 4.79 Å². The molecule has 2 nitrogen and oxygen atoms in total. The van der Waals surface area contributed by atoms with E-state index in [1.807, 2.05) is 36.6 Å². The summed E-state index contributed by atoms with van der Waals surface area (Å²) in [6.07, 6.45) is 2.43. The van der Waals surface area contributed by atoms with Crippen molar-refractivity contribution in [3.05, 3.63) is 59.2 Å². The molecule has 0 radical (unpaired) electrons. The summed E-state index contributed by atoms with van der Waals surface area (Å²) in [4.78, 5) is 13.2.